The molecule has 214 valence electrons. The fourth-order valence-corrected chi connectivity index (χ4v) is 8.80. The maximum Gasteiger partial charge on any atom is 0.252 e. The highest BCUT2D eigenvalue weighted by Gasteiger charge is 2.35. The summed E-state index contributed by atoms with van der Waals surface area (Å²) in [6, 6.07) is 6.92. The van der Waals surface area contributed by atoms with E-state index in [-0.39, 0.29) is 24.2 Å². The van der Waals surface area contributed by atoms with Gasteiger partial charge < -0.3 is 9.47 Å². The third-order valence-corrected chi connectivity index (χ3v) is 11.8. The molecule has 0 bridgehead atoms. The summed E-state index contributed by atoms with van der Waals surface area (Å²) in [4.78, 5) is 22.8. The number of thiophene rings is 1. The Hall–Kier alpha value is -1.51. The van der Waals surface area contributed by atoms with Crippen LogP contribution in [0.3, 0.4) is 0 Å². The molecule has 14 heteroatoms. The minimum atomic E-state index is -3.52. The Bertz CT molecular complexity index is 1360. The molecule has 2 aliphatic heterocycles. The van der Waals surface area contributed by atoms with Crippen LogP contribution in [-0.4, -0.2) is 88.1 Å². The molecule has 2 aromatic heterocycles. The Morgan fingerprint density at radius 1 is 1.21 bits per heavy atom. The van der Waals surface area contributed by atoms with E-state index in [1.165, 1.54) is 27.0 Å². The first-order valence-electron chi connectivity index (χ1n) is 12.7. The summed E-state index contributed by atoms with van der Waals surface area (Å²) in [5.74, 6) is 0.312. The Labute approximate surface area is 248 Å². The van der Waals surface area contributed by atoms with E-state index in [4.69, 9.17) is 26.1 Å². The summed E-state index contributed by atoms with van der Waals surface area (Å²) < 4.78 is 39.5. The number of carbonyl (C=O) groups is 1. The smallest absolute Gasteiger partial charge is 0.252 e. The molecule has 5 rings (SSSR count). The van der Waals surface area contributed by atoms with Crippen molar-refractivity contribution in [1.29, 1.82) is 0 Å². The highest BCUT2D eigenvalue weighted by molar-refractivity contribution is 7.91. The van der Waals surface area contributed by atoms with E-state index in [0.717, 1.165) is 44.0 Å². The van der Waals surface area contributed by atoms with E-state index >= 15 is 0 Å². The first kappa shape index (κ1) is 30.4. The number of thiazole rings is 1. The summed E-state index contributed by atoms with van der Waals surface area (Å²) in [5, 5.41) is 2.92. The van der Waals surface area contributed by atoms with Crippen molar-refractivity contribution in [3.63, 3.8) is 0 Å². The fraction of sp³-hybridized carbons (Fsp3) is 0.520. The molecule has 1 aromatic carbocycles. The van der Waals surface area contributed by atoms with Crippen molar-refractivity contribution in [2.24, 2.45) is 5.92 Å². The molecular weight excluding hydrogens is 603 g/mol. The van der Waals surface area contributed by atoms with Gasteiger partial charge in [-0.15, -0.1) is 23.7 Å². The van der Waals surface area contributed by atoms with Crippen LogP contribution in [0, 0.1) is 5.92 Å². The van der Waals surface area contributed by atoms with E-state index in [1.54, 1.807) is 41.7 Å². The summed E-state index contributed by atoms with van der Waals surface area (Å²) >= 11 is 9.07. The van der Waals surface area contributed by atoms with Crippen LogP contribution in [-0.2, 0) is 19.6 Å². The van der Waals surface area contributed by atoms with Gasteiger partial charge in [0.2, 0.25) is 5.91 Å². The van der Waals surface area contributed by atoms with Crippen LogP contribution < -0.4 is 9.64 Å². The van der Waals surface area contributed by atoms with Gasteiger partial charge in [-0.3, -0.25) is 14.6 Å². The lowest BCUT2D eigenvalue weighted by molar-refractivity contribution is -0.123. The molecule has 0 spiro atoms. The molecule has 2 saturated heterocycles. The lowest BCUT2D eigenvalue weighted by atomic mass is 9.96. The second kappa shape index (κ2) is 13.4. The average Bonchev–Trinajstić information content (AvgIpc) is 3.64. The van der Waals surface area contributed by atoms with Crippen molar-refractivity contribution in [3.05, 3.63) is 34.7 Å². The number of carbonyl (C=O) groups excluding carboxylic acids is 1. The van der Waals surface area contributed by atoms with Gasteiger partial charge in [0.15, 0.2) is 5.13 Å². The van der Waals surface area contributed by atoms with Gasteiger partial charge in [-0.25, -0.2) is 13.4 Å². The van der Waals surface area contributed by atoms with Crippen LogP contribution in [0.25, 0.3) is 10.2 Å². The maximum atomic E-state index is 13.9. The van der Waals surface area contributed by atoms with Crippen molar-refractivity contribution >= 4 is 78.0 Å². The van der Waals surface area contributed by atoms with Gasteiger partial charge in [-0.1, -0.05) is 29.0 Å². The van der Waals surface area contributed by atoms with Crippen LogP contribution in [0.5, 0.6) is 5.75 Å². The number of fused-ring (bicyclic) bond motifs is 1. The van der Waals surface area contributed by atoms with Crippen LogP contribution in [0.4, 0.5) is 5.13 Å². The van der Waals surface area contributed by atoms with Gasteiger partial charge in [-0.2, -0.15) is 4.31 Å². The number of benzene rings is 1. The Kier molecular flexibility index (Phi) is 10.5. The molecule has 0 unspecified atom stereocenters. The van der Waals surface area contributed by atoms with Crippen molar-refractivity contribution in [1.82, 2.24) is 14.2 Å². The van der Waals surface area contributed by atoms with Crippen LogP contribution >= 0.6 is 46.7 Å². The Morgan fingerprint density at radius 2 is 1.95 bits per heavy atom. The summed E-state index contributed by atoms with van der Waals surface area (Å²) in [6.07, 6.45) is 1.73. The van der Waals surface area contributed by atoms with Crippen molar-refractivity contribution in [2.45, 2.75) is 23.5 Å². The molecule has 2 fully saturated rings. The number of aromatic nitrogens is 1. The van der Waals surface area contributed by atoms with Crippen LogP contribution in [0.2, 0.25) is 5.02 Å². The number of rotatable bonds is 9. The third kappa shape index (κ3) is 6.70. The topological polar surface area (TPSA) is 92.3 Å². The van der Waals surface area contributed by atoms with Gasteiger partial charge >= 0.3 is 0 Å². The second-order valence-electron chi connectivity index (χ2n) is 9.33. The number of anilines is 1. The average molecular weight is 636 g/mol. The second-order valence-corrected chi connectivity index (χ2v) is 13.8. The molecule has 0 N–H and O–H groups in total. The van der Waals surface area contributed by atoms with E-state index in [9.17, 15) is 13.2 Å². The van der Waals surface area contributed by atoms with Crippen molar-refractivity contribution in [3.8, 4) is 5.75 Å². The van der Waals surface area contributed by atoms with E-state index in [2.05, 4.69) is 4.90 Å². The SMILES string of the molecule is COc1ccc(Cl)c2sc(N(CCCN3CCOCC3)C(=O)C3CCN(S(=O)(=O)c4cccs4)CC3)nc12.Cl. The number of piperidine rings is 1. The van der Waals surface area contributed by atoms with Crippen LogP contribution in [0.1, 0.15) is 19.3 Å². The highest BCUT2D eigenvalue weighted by Crippen LogP contribution is 2.39. The molecule has 4 heterocycles. The molecule has 0 saturated carbocycles. The predicted octanol–water partition coefficient (Wildman–Crippen LogP) is 4.60. The lowest BCUT2D eigenvalue weighted by Gasteiger charge is -2.33. The molecule has 2 aliphatic rings. The first-order chi connectivity index (χ1) is 18.4. The number of amides is 1. The largest absolute Gasteiger partial charge is 0.494 e. The Balaban J connectivity index is 0.00000353. The predicted molar refractivity (Wildman–Crippen MR) is 158 cm³/mol. The number of hydrogen-bond acceptors (Lipinski definition) is 9. The number of halogens is 2. The lowest BCUT2D eigenvalue weighted by Crippen LogP contribution is -2.45. The highest BCUT2D eigenvalue weighted by atomic mass is 35.5. The van der Waals surface area contributed by atoms with E-state index < -0.39 is 10.0 Å². The first-order valence-corrected chi connectivity index (χ1v) is 16.2. The summed E-state index contributed by atoms with van der Waals surface area (Å²) in [5.41, 5.74) is 0.642. The zero-order chi connectivity index (χ0) is 26.7. The van der Waals surface area contributed by atoms with Crippen molar-refractivity contribution in [2.75, 3.05) is 64.5 Å². The number of ether oxygens (including phenoxy) is 2. The molecule has 3 aromatic rings. The van der Waals surface area contributed by atoms with Gasteiger partial charge in [0.1, 0.15) is 15.5 Å². The number of hydrogen-bond donors (Lipinski definition) is 0. The number of methoxy groups -OCH3 is 1. The van der Waals surface area contributed by atoms with Gasteiger partial charge in [0.05, 0.1) is 30.0 Å². The molecule has 1 amide bonds. The van der Waals surface area contributed by atoms with Gasteiger partial charge in [0, 0.05) is 45.2 Å². The molecular formula is C25H32Cl2N4O5S3. The zero-order valence-electron chi connectivity index (χ0n) is 21.6. The van der Waals surface area contributed by atoms with Gasteiger partial charge in [0.25, 0.3) is 10.0 Å². The standard InChI is InChI=1S/C25H31ClN4O5S3.ClH/c1-34-20-6-5-19(26)23-22(20)27-25(37-23)30(10-3-9-28-13-15-35-16-14-28)24(31)18-7-11-29(12-8-18)38(32,33)21-4-2-17-36-21;/h2,4-6,17-18H,3,7-16H2,1H3;1H. The fourth-order valence-electron chi connectivity index (χ4n) is 4.90. The van der Waals surface area contributed by atoms with E-state index in [0.29, 0.717) is 58.1 Å². The number of nitrogens with zero attached hydrogens (tertiary/aromatic N) is 4. The van der Waals surface area contributed by atoms with Gasteiger partial charge in [-0.05, 0) is 42.8 Å². The molecule has 0 atom stereocenters. The number of morpholine rings is 1. The maximum absolute atomic E-state index is 13.9. The molecule has 0 aliphatic carbocycles. The molecule has 39 heavy (non-hydrogen) atoms. The normalized spacial score (nSPS) is 17.7. The van der Waals surface area contributed by atoms with E-state index in [1.807, 2.05) is 0 Å². The summed E-state index contributed by atoms with van der Waals surface area (Å²) in [7, 11) is -1.94. The van der Waals surface area contributed by atoms with Crippen LogP contribution in [0.15, 0.2) is 33.9 Å². The Morgan fingerprint density at radius 3 is 2.62 bits per heavy atom. The quantitative estimate of drug-likeness (QED) is 0.340. The minimum absolute atomic E-state index is 0. The summed E-state index contributed by atoms with van der Waals surface area (Å²) in [6.45, 7) is 5.24. The van der Waals surface area contributed by atoms with Crippen molar-refractivity contribution < 1.29 is 22.7 Å². The minimum Gasteiger partial charge on any atom is -0.494 e. The zero-order valence-corrected chi connectivity index (χ0v) is 25.6. The third-order valence-electron chi connectivity index (χ3n) is 7.02. The molecule has 0 radical (unpaired) electrons. The molecule has 9 nitrogen and oxygen atoms in total. The number of sulfonamides is 1. The monoisotopic (exact) mass is 634 g/mol.